The van der Waals surface area contributed by atoms with Crippen LogP contribution in [0.3, 0.4) is 0 Å². The fourth-order valence-electron chi connectivity index (χ4n) is 4.66. The fraction of sp³-hybridized carbons (Fsp3) is 0.345. The minimum absolute atomic E-state index is 0.269. The van der Waals surface area contributed by atoms with Crippen LogP contribution in [0.5, 0.6) is 0 Å². The van der Waals surface area contributed by atoms with E-state index in [-0.39, 0.29) is 11.8 Å². The van der Waals surface area contributed by atoms with Crippen LogP contribution in [0.15, 0.2) is 61.1 Å². The third kappa shape index (κ3) is 5.19. The molecule has 1 amide bonds. The second-order valence-electron chi connectivity index (χ2n) is 9.85. The molecule has 0 bridgehead atoms. The number of nitrogens with two attached hydrogens (primary N) is 1. The van der Waals surface area contributed by atoms with Gasteiger partial charge in [-0.1, -0.05) is 64.1 Å². The lowest BCUT2D eigenvalue weighted by Crippen LogP contribution is -2.15. The maximum atomic E-state index is 11.9. The quantitative estimate of drug-likeness (QED) is 0.357. The van der Waals surface area contributed by atoms with Crippen LogP contribution in [0.4, 0.5) is 0 Å². The van der Waals surface area contributed by atoms with E-state index in [9.17, 15) is 4.79 Å². The average molecular weight is 455 g/mol. The molecular formula is C29H34N4O. The highest BCUT2D eigenvalue weighted by atomic mass is 16.1. The molecule has 2 heterocycles. The van der Waals surface area contributed by atoms with Gasteiger partial charge in [-0.2, -0.15) is 0 Å². The van der Waals surface area contributed by atoms with Crippen molar-refractivity contribution in [3.8, 4) is 0 Å². The second kappa shape index (κ2) is 9.80. The smallest absolute Gasteiger partial charge is 0.248 e. The van der Waals surface area contributed by atoms with Gasteiger partial charge in [0.25, 0.3) is 0 Å². The summed E-state index contributed by atoms with van der Waals surface area (Å²) >= 11 is 0. The summed E-state index contributed by atoms with van der Waals surface area (Å²) in [7, 11) is 0. The Morgan fingerprint density at radius 1 is 0.941 bits per heavy atom. The van der Waals surface area contributed by atoms with E-state index in [1.54, 1.807) is 0 Å². The number of fused-ring (bicyclic) bond motifs is 1. The number of primary amides is 1. The monoisotopic (exact) mass is 454 g/mol. The highest BCUT2D eigenvalue weighted by molar-refractivity contribution is 5.94. The SMILES string of the molecule is Cc1cn2cc([C@@H](C)Cc3ccc([C@@H](C)Cc4ccc(C(C)C)c(C(N)=O)c4)cc3)ncc2n1. The van der Waals surface area contributed by atoms with Crippen molar-refractivity contribution in [2.45, 2.75) is 65.2 Å². The van der Waals surface area contributed by atoms with E-state index < -0.39 is 0 Å². The van der Waals surface area contributed by atoms with Crippen LogP contribution in [0.2, 0.25) is 0 Å². The number of imidazole rings is 1. The first-order valence-electron chi connectivity index (χ1n) is 12.0. The number of carbonyl (C=O) groups excluding carboxylic acids is 1. The molecule has 0 fully saturated rings. The molecule has 5 nitrogen and oxygen atoms in total. The number of benzene rings is 2. The zero-order valence-corrected chi connectivity index (χ0v) is 20.7. The fourth-order valence-corrected chi connectivity index (χ4v) is 4.66. The summed E-state index contributed by atoms with van der Waals surface area (Å²) in [5.41, 5.74) is 14.0. The van der Waals surface area contributed by atoms with Gasteiger partial charge in [-0.15, -0.1) is 0 Å². The summed E-state index contributed by atoms with van der Waals surface area (Å²) in [4.78, 5) is 21.0. The maximum Gasteiger partial charge on any atom is 0.248 e. The van der Waals surface area contributed by atoms with E-state index in [1.165, 1.54) is 11.1 Å². The number of carbonyl (C=O) groups is 1. The zero-order valence-electron chi connectivity index (χ0n) is 20.7. The van der Waals surface area contributed by atoms with Gasteiger partial charge in [0.15, 0.2) is 5.65 Å². The normalized spacial score (nSPS) is 13.4. The van der Waals surface area contributed by atoms with E-state index in [4.69, 9.17) is 5.73 Å². The number of nitrogens with zero attached hydrogens (tertiary/aromatic N) is 3. The number of rotatable bonds is 8. The number of amides is 1. The first kappa shape index (κ1) is 23.7. The molecule has 0 saturated heterocycles. The van der Waals surface area contributed by atoms with Crippen LogP contribution in [-0.4, -0.2) is 20.3 Å². The highest BCUT2D eigenvalue weighted by Gasteiger charge is 2.15. The molecule has 2 aromatic carbocycles. The zero-order chi connectivity index (χ0) is 24.4. The average Bonchev–Trinajstić information content (AvgIpc) is 3.18. The summed E-state index contributed by atoms with van der Waals surface area (Å²) < 4.78 is 2.05. The molecule has 34 heavy (non-hydrogen) atoms. The Kier molecular flexibility index (Phi) is 6.82. The summed E-state index contributed by atoms with van der Waals surface area (Å²) in [5, 5.41) is 0. The topological polar surface area (TPSA) is 73.3 Å². The van der Waals surface area contributed by atoms with Gasteiger partial charge < -0.3 is 10.1 Å². The van der Waals surface area contributed by atoms with Crippen molar-refractivity contribution in [2.24, 2.45) is 5.73 Å². The van der Waals surface area contributed by atoms with Crippen molar-refractivity contribution < 1.29 is 4.79 Å². The van der Waals surface area contributed by atoms with E-state index in [1.807, 2.05) is 31.5 Å². The third-order valence-electron chi connectivity index (χ3n) is 6.62. The van der Waals surface area contributed by atoms with Crippen LogP contribution < -0.4 is 5.73 Å². The summed E-state index contributed by atoms with van der Waals surface area (Å²) in [6.45, 7) is 10.6. The van der Waals surface area contributed by atoms with E-state index in [0.29, 0.717) is 17.4 Å². The minimum Gasteiger partial charge on any atom is -0.366 e. The maximum absolute atomic E-state index is 11.9. The predicted molar refractivity (Wildman–Crippen MR) is 137 cm³/mol. The highest BCUT2D eigenvalue weighted by Crippen LogP contribution is 2.26. The summed E-state index contributed by atoms with van der Waals surface area (Å²) in [5.74, 6) is 0.561. The van der Waals surface area contributed by atoms with Crippen molar-refractivity contribution >= 4 is 11.6 Å². The Hall–Kier alpha value is -3.47. The van der Waals surface area contributed by atoms with E-state index in [2.05, 4.69) is 78.6 Å². The summed E-state index contributed by atoms with van der Waals surface area (Å²) in [6, 6.07) is 15.0. The van der Waals surface area contributed by atoms with Crippen molar-refractivity contribution in [1.29, 1.82) is 0 Å². The van der Waals surface area contributed by atoms with Gasteiger partial charge in [0, 0.05) is 23.9 Å². The molecular weight excluding hydrogens is 420 g/mol. The number of aromatic nitrogens is 3. The lowest BCUT2D eigenvalue weighted by molar-refractivity contribution is 0.0999. The number of hydrogen-bond acceptors (Lipinski definition) is 3. The molecule has 0 saturated carbocycles. The van der Waals surface area contributed by atoms with E-state index >= 15 is 0 Å². The van der Waals surface area contributed by atoms with Crippen molar-refractivity contribution in [3.63, 3.8) is 0 Å². The van der Waals surface area contributed by atoms with Gasteiger partial charge in [-0.25, -0.2) is 4.98 Å². The molecule has 4 rings (SSSR count). The van der Waals surface area contributed by atoms with Gasteiger partial charge in [-0.3, -0.25) is 9.78 Å². The molecule has 176 valence electrons. The Morgan fingerprint density at radius 2 is 1.62 bits per heavy atom. The van der Waals surface area contributed by atoms with Crippen LogP contribution in [-0.2, 0) is 12.8 Å². The van der Waals surface area contributed by atoms with Gasteiger partial charge >= 0.3 is 0 Å². The molecule has 0 radical (unpaired) electrons. The molecule has 0 unspecified atom stereocenters. The Bertz CT molecular complexity index is 1300. The largest absolute Gasteiger partial charge is 0.366 e. The first-order chi connectivity index (χ1) is 16.2. The van der Waals surface area contributed by atoms with Crippen LogP contribution in [0, 0.1) is 6.92 Å². The van der Waals surface area contributed by atoms with Gasteiger partial charge in [0.1, 0.15) is 0 Å². The van der Waals surface area contributed by atoms with Crippen LogP contribution >= 0.6 is 0 Å². The van der Waals surface area contributed by atoms with Gasteiger partial charge in [0.05, 0.1) is 17.6 Å². The van der Waals surface area contributed by atoms with Crippen molar-refractivity contribution in [1.82, 2.24) is 14.4 Å². The number of hydrogen-bond donors (Lipinski definition) is 1. The Morgan fingerprint density at radius 3 is 2.29 bits per heavy atom. The van der Waals surface area contributed by atoms with Gasteiger partial charge in [-0.05, 0) is 59.9 Å². The molecule has 2 N–H and O–H groups in total. The molecule has 0 aliphatic heterocycles. The van der Waals surface area contributed by atoms with Gasteiger partial charge in [0.2, 0.25) is 5.91 Å². The first-order valence-corrected chi connectivity index (χ1v) is 12.0. The Labute approximate surface area is 202 Å². The molecule has 0 aliphatic rings. The second-order valence-corrected chi connectivity index (χ2v) is 9.85. The number of aryl methyl sites for hydroxylation is 1. The molecule has 5 heteroatoms. The van der Waals surface area contributed by atoms with E-state index in [0.717, 1.165) is 41.0 Å². The lowest BCUT2D eigenvalue weighted by atomic mass is 9.89. The molecule has 2 atom stereocenters. The molecule has 4 aromatic rings. The van der Waals surface area contributed by atoms with Crippen LogP contribution in [0.25, 0.3) is 5.65 Å². The van der Waals surface area contributed by atoms with Crippen LogP contribution in [0.1, 0.15) is 89.4 Å². The Balaban J connectivity index is 1.43. The summed E-state index contributed by atoms with van der Waals surface area (Å²) in [6.07, 6.45) is 7.76. The molecule has 0 spiro atoms. The minimum atomic E-state index is -0.353. The standard InChI is InChI=1S/C29H34N4O/c1-18(2)25-11-8-23(14-26(25)29(30)34)12-19(3)24-9-6-22(7-10-24)13-20(4)27-17-33-16-21(5)32-28(33)15-31-27/h6-11,14-20H,12-13H2,1-5H3,(H2,30,34)/t19-,20-/m0/s1. The lowest BCUT2D eigenvalue weighted by Gasteiger charge is -2.16. The molecule has 0 aliphatic carbocycles. The third-order valence-corrected chi connectivity index (χ3v) is 6.62. The predicted octanol–water partition coefficient (Wildman–Crippen LogP) is 5.95. The molecule has 2 aromatic heterocycles. The van der Waals surface area contributed by atoms with Crippen molar-refractivity contribution in [3.05, 3.63) is 100 Å². The van der Waals surface area contributed by atoms with Crippen molar-refractivity contribution in [2.75, 3.05) is 0 Å².